The third-order valence-electron chi connectivity index (χ3n) is 4.20. The van der Waals surface area contributed by atoms with Gasteiger partial charge in [-0.2, -0.15) is 0 Å². The molecule has 1 aliphatic heterocycles. The highest BCUT2D eigenvalue weighted by atomic mass is 127. The van der Waals surface area contributed by atoms with Gasteiger partial charge < -0.3 is 25.4 Å². The lowest BCUT2D eigenvalue weighted by Crippen LogP contribution is -2.48. The summed E-state index contributed by atoms with van der Waals surface area (Å²) in [5, 5.41) is 17.2. The minimum atomic E-state index is -0.835. The van der Waals surface area contributed by atoms with Gasteiger partial charge >= 0.3 is 0 Å². The van der Waals surface area contributed by atoms with Crippen LogP contribution in [0.2, 0.25) is 0 Å². The average molecular weight is 471 g/mol. The van der Waals surface area contributed by atoms with Gasteiger partial charge in [0.25, 0.3) is 0 Å². The molecule has 0 aromatic rings. The number of β-amino-alcohol motifs (C(OH)–C–C–N with tert-alkyl or cyclic N) is 1. The second kappa shape index (κ2) is 14.0. The van der Waals surface area contributed by atoms with Crippen LogP contribution >= 0.6 is 24.0 Å². The number of nitrogens with one attached hydrogen (secondary N) is 2. The topological polar surface area (TPSA) is 72.4 Å². The maximum atomic E-state index is 10.6. The molecule has 25 heavy (non-hydrogen) atoms. The van der Waals surface area contributed by atoms with E-state index in [9.17, 15) is 5.11 Å². The largest absolute Gasteiger partial charge is 0.387 e. The zero-order valence-corrected chi connectivity index (χ0v) is 18.7. The van der Waals surface area contributed by atoms with Crippen LogP contribution in [0.1, 0.15) is 27.7 Å². The third kappa shape index (κ3) is 11.2. The summed E-state index contributed by atoms with van der Waals surface area (Å²) in [6.07, 6.45) is 0. The first-order valence-corrected chi connectivity index (χ1v) is 9.27. The second-order valence-electron chi connectivity index (χ2n) is 6.53. The minimum Gasteiger partial charge on any atom is -0.387 e. The monoisotopic (exact) mass is 471 g/mol. The van der Waals surface area contributed by atoms with Gasteiger partial charge in [0.2, 0.25) is 0 Å². The Hall–Kier alpha value is -0.160. The van der Waals surface area contributed by atoms with Crippen LogP contribution in [0.15, 0.2) is 4.99 Å². The van der Waals surface area contributed by atoms with Gasteiger partial charge in [0.15, 0.2) is 5.96 Å². The van der Waals surface area contributed by atoms with E-state index in [-0.39, 0.29) is 24.0 Å². The summed E-state index contributed by atoms with van der Waals surface area (Å²) in [4.78, 5) is 9.17. The predicted octanol–water partition coefficient (Wildman–Crippen LogP) is 0.585. The van der Waals surface area contributed by atoms with Gasteiger partial charge in [-0.25, -0.2) is 0 Å². The smallest absolute Gasteiger partial charge is 0.191 e. The SMILES string of the molecule is CCNC(=NCC(C)(O)CN1CCOCC1)NCCN(CC)CC.I. The van der Waals surface area contributed by atoms with Crippen LogP contribution < -0.4 is 10.6 Å². The molecule has 0 amide bonds. The van der Waals surface area contributed by atoms with Crippen molar-refractivity contribution in [1.82, 2.24) is 20.4 Å². The molecule has 1 saturated heterocycles. The van der Waals surface area contributed by atoms with E-state index in [0.29, 0.717) is 13.1 Å². The van der Waals surface area contributed by atoms with Crippen LogP contribution in [0.4, 0.5) is 0 Å². The molecule has 1 aliphatic rings. The van der Waals surface area contributed by atoms with Crippen molar-refractivity contribution >= 4 is 29.9 Å². The quantitative estimate of drug-likeness (QED) is 0.246. The van der Waals surface area contributed by atoms with Crippen molar-refractivity contribution in [1.29, 1.82) is 0 Å². The summed E-state index contributed by atoms with van der Waals surface area (Å²) in [5.41, 5.74) is -0.835. The number of guanidine groups is 1. The second-order valence-corrected chi connectivity index (χ2v) is 6.53. The van der Waals surface area contributed by atoms with Gasteiger partial charge in [-0.3, -0.25) is 9.89 Å². The molecule has 0 aromatic heterocycles. The molecule has 1 heterocycles. The fraction of sp³-hybridized carbons (Fsp3) is 0.941. The molecule has 7 nitrogen and oxygen atoms in total. The molecule has 0 aromatic carbocycles. The highest BCUT2D eigenvalue weighted by molar-refractivity contribution is 14.0. The average Bonchev–Trinajstić information content (AvgIpc) is 2.57. The standard InChI is InChI=1S/C17H37N5O2.HI/c1-5-18-16(19-8-9-21(6-2)7-3)20-14-17(4,23)15-22-10-12-24-13-11-22;/h23H,5-15H2,1-4H3,(H2,18,19,20);1H. The normalized spacial score (nSPS) is 18.6. The molecular weight excluding hydrogens is 433 g/mol. The Kier molecular flexibility index (Phi) is 13.9. The molecule has 1 fully saturated rings. The Morgan fingerprint density at radius 3 is 2.40 bits per heavy atom. The lowest BCUT2D eigenvalue weighted by atomic mass is 10.1. The van der Waals surface area contributed by atoms with E-state index in [1.165, 1.54) is 0 Å². The maximum Gasteiger partial charge on any atom is 0.191 e. The van der Waals surface area contributed by atoms with E-state index in [2.05, 4.69) is 39.3 Å². The third-order valence-corrected chi connectivity index (χ3v) is 4.20. The lowest BCUT2D eigenvalue weighted by Gasteiger charge is -2.33. The van der Waals surface area contributed by atoms with Crippen molar-refractivity contribution in [2.24, 2.45) is 4.99 Å². The molecule has 0 spiro atoms. The van der Waals surface area contributed by atoms with E-state index in [0.717, 1.165) is 65.0 Å². The van der Waals surface area contributed by atoms with Crippen molar-refractivity contribution in [2.75, 3.05) is 72.1 Å². The summed E-state index contributed by atoms with van der Waals surface area (Å²) in [6.45, 7) is 17.2. The Morgan fingerprint density at radius 1 is 1.20 bits per heavy atom. The van der Waals surface area contributed by atoms with E-state index >= 15 is 0 Å². The molecule has 0 saturated carbocycles. The first-order valence-electron chi connectivity index (χ1n) is 9.27. The van der Waals surface area contributed by atoms with E-state index in [1.807, 2.05) is 13.8 Å². The number of nitrogens with zero attached hydrogens (tertiary/aromatic N) is 3. The number of aliphatic imine (C=N–C) groups is 1. The van der Waals surface area contributed by atoms with Crippen molar-refractivity contribution < 1.29 is 9.84 Å². The van der Waals surface area contributed by atoms with Gasteiger partial charge in [-0.15, -0.1) is 24.0 Å². The van der Waals surface area contributed by atoms with Gasteiger partial charge in [-0.1, -0.05) is 13.8 Å². The van der Waals surface area contributed by atoms with E-state index in [4.69, 9.17) is 4.74 Å². The molecule has 0 bridgehead atoms. The molecule has 0 aliphatic carbocycles. The van der Waals surface area contributed by atoms with Crippen molar-refractivity contribution in [3.8, 4) is 0 Å². The molecule has 8 heteroatoms. The van der Waals surface area contributed by atoms with Crippen LogP contribution in [-0.2, 0) is 4.74 Å². The summed E-state index contributed by atoms with van der Waals surface area (Å²) >= 11 is 0. The Labute approximate surface area is 170 Å². The summed E-state index contributed by atoms with van der Waals surface area (Å²) in [7, 11) is 0. The molecule has 1 atom stereocenters. The fourth-order valence-electron chi connectivity index (χ4n) is 2.75. The number of morpholine rings is 1. The van der Waals surface area contributed by atoms with Gasteiger partial charge in [0.05, 0.1) is 25.4 Å². The number of hydrogen-bond acceptors (Lipinski definition) is 5. The van der Waals surface area contributed by atoms with Crippen LogP contribution in [0.5, 0.6) is 0 Å². The number of hydrogen-bond donors (Lipinski definition) is 3. The van der Waals surface area contributed by atoms with Crippen LogP contribution in [-0.4, -0.2) is 98.6 Å². The highest BCUT2D eigenvalue weighted by Crippen LogP contribution is 2.09. The van der Waals surface area contributed by atoms with Gasteiger partial charge in [0, 0.05) is 39.3 Å². The van der Waals surface area contributed by atoms with Crippen molar-refractivity contribution in [3.63, 3.8) is 0 Å². The predicted molar refractivity (Wildman–Crippen MR) is 115 cm³/mol. The Balaban J connectivity index is 0.00000576. The number of likely N-dealkylation sites (N-methyl/N-ethyl adjacent to an activating group) is 1. The van der Waals surface area contributed by atoms with Crippen molar-refractivity contribution in [2.45, 2.75) is 33.3 Å². The molecule has 0 radical (unpaired) electrons. The minimum absolute atomic E-state index is 0. The van der Waals surface area contributed by atoms with Crippen molar-refractivity contribution in [3.05, 3.63) is 0 Å². The summed E-state index contributed by atoms with van der Waals surface area (Å²) < 4.78 is 5.35. The van der Waals surface area contributed by atoms with Crippen LogP contribution in [0, 0.1) is 0 Å². The molecule has 3 N–H and O–H groups in total. The summed E-state index contributed by atoms with van der Waals surface area (Å²) in [6, 6.07) is 0. The fourth-order valence-corrected chi connectivity index (χ4v) is 2.75. The number of rotatable bonds is 10. The lowest BCUT2D eigenvalue weighted by molar-refractivity contribution is -0.0179. The molecular formula is C17H38IN5O2. The number of halogens is 1. The Bertz CT molecular complexity index is 359. The van der Waals surface area contributed by atoms with Crippen LogP contribution in [0.25, 0.3) is 0 Å². The first kappa shape index (κ1) is 24.8. The Morgan fingerprint density at radius 2 is 1.84 bits per heavy atom. The molecule has 1 unspecified atom stereocenters. The van der Waals surface area contributed by atoms with E-state index in [1.54, 1.807) is 0 Å². The van der Waals surface area contributed by atoms with Gasteiger partial charge in [0.1, 0.15) is 0 Å². The van der Waals surface area contributed by atoms with E-state index < -0.39 is 5.60 Å². The zero-order valence-electron chi connectivity index (χ0n) is 16.4. The molecule has 150 valence electrons. The molecule has 1 rings (SSSR count). The number of aliphatic hydroxyl groups is 1. The van der Waals surface area contributed by atoms with Crippen LogP contribution in [0.3, 0.4) is 0 Å². The van der Waals surface area contributed by atoms with Gasteiger partial charge in [-0.05, 0) is 26.9 Å². The highest BCUT2D eigenvalue weighted by Gasteiger charge is 2.25. The zero-order chi connectivity index (χ0) is 17.8. The maximum absolute atomic E-state index is 10.6. The number of ether oxygens (including phenoxy) is 1. The first-order chi connectivity index (χ1) is 11.5. The summed E-state index contributed by atoms with van der Waals surface area (Å²) in [5.74, 6) is 0.770.